The number of nitrogens with one attached hydrogen (secondary N) is 1. The molecule has 0 spiro atoms. The van der Waals surface area contributed by atoms with Crippen LogP contribution in [0.4, 0.5) is 5.69 Å². The molecule has 1 aromatic carbocycles. The van der Waals surface area contributed by atoms with Crippen LogP contribution in [0.15, 0.2) is 18.2 Å². The van der Waals surface area contributed by atoms with Gasteiger partial charge in [-0.25, -0.2) is 4.79 Å². The summed E-state index contributed by atoms with van der Waals surface area (Å²) in [7, 11) is 1.24. The minimum absolute atomic E-state index is 0.128. The smallest absolute Gasteiger partial charge is 0.339 e. The van der Waals surface area contributed by atoms with E-state index in [-0.39, 0.29) is 17.0 Å². The fourth-order valence-corrected chi connectivity index (χ4v) is 1.52. The van der Waals surface area contributed by atoms with E-state index in [0.29, 0.717) is 5.69 Å². The Morgan fingerprint density at radius 2 is 2.26 bits per heavy atom. The van der Waals surface area contributed by atoms with Crippen molar-refractivity contribution in [2.75, 3.05) is 12.4 Å². The quantitative estimate of drug-likeness (QED) is 0.645. The first-order valence-corrected chi connectivity index (χ1v) is 5.75. The Hall–Kier alpha value is -2.03. The number of carbonyl (C=O) groups is 2. The number of benzene rings is 1. The Balaban J connectivity index is 2.89. The van der Waals surface area contributed by atoms with Crippen LogP contribution in [-0.4, -0.2) is 25.0 Å². The molecule has 5 nitrogen and oxygen atoms in total. The van der Waals surface area contributed by atoms with Crippen LogP contribution in [0.5, 0.6) is 0 Å². The molecule has 3 N–H and O–H groups in total. The molecule has 0 saturated heterocycles. The van der Waals surface area contributed by atoms with Crippen molar-refractivity contribution in [2.24, 2.45) is 5.73 Å². The van der Waals surface area contributed by atoms with Gasteiger partial charge in [-0.05, 0) is 18.2 Å². The highest BCUT2D eigenvalue weighted by molar-refractivity contribution is 6.33. The monoisotopic (exact) mass is 280 g/mol. The summed E-state index contributed by atoms with van der Waals surface area (Å²) in [6.45, 7) is 0. The van der Waals surface area contributed by atoms with Crippen molar-refractivity contribution in [3.63, 3.8) is 0 Å². The number of hydrogen-bond donors (Lipinski definition) is 2. The highest BCUT2D eigenvalue weighted by Gasteiger charge is 2.15. The van der Waals surface area contributed by atoms with Crippen molar-refractivity contribution in [1.29, 1.82) is 0 Å². The summed E-state index contributed by atoms with van der Waals surface area (Å²) in [6.07, 6.45) is 5.20. The largest absolute Gasteiger partial charge is 0.465 e. The average molecular weight is 281 g/mol. The molecule has 100 valence electrons. The molecule has 1 atom stereocenters. The summed E-state index contributed by atoms with van der Waals surface area (Å²) in [5.41, 5.74) is 6.11. The molecule has 0 fully saturated rings. The number of anilines is 1. The first-order valence-electron chi connectivity index (χ1n) is 5.37. The van der Waals surface area contributed by atoms with E-state index in [4.69, 9.17) is 23.8 Å². The predicted octanol–water partition coefficient (Wildman–Crippen LogP) is 1.42. The molecule has 0 aliphatic heterocycles. The Kier molecular flexibility index (Phi) is 5.37. The zero-order valence-electron chi connectivity index (χ0n) is 10.3. The third-order valence-corrected chi connectivity index (χ3v) is 2.64. The Morgan fingerprint density at radius 1 is 1.58 bits per heavy atom. The van der Waals surface area contributed by atoms with Gasteiger partial charge in [-0.1, -0.05) is 11.6 Å². The first-order chi connectivity index (χ1) is 8.99. The van der Waals surface area contributed by atoms with E-state index >= 15 is 0 Å². The first kappa shape index (κ1) is 15.0. The molecule has 1 unspecified atom stereocenters. The van der Waals surface area contributed by atoms with Gasteiger partial charge in [0.1, 0.15) is 0 Å². The molecule has 19 heavy (non-hydrogen) atoms. The maximum Gasteiger partial charge on any atom is 0.339 e. The van der Waals surface area contributed by atoms with Crippen molar-refractivity contribution < 1.29 is 14.3 Å². The molecule has 1 rings (SSSR count). The van der Waals surface area contributed by atoms with Gasteiger partial charge in [0.15, 0.2) is 0 Å². The topological polar surface area (TPSA) is 81.4 Å². The lowest BCUT2D eigenvalue weighted by Gasteiger charge is -2.11. The minimum Gasteiger partial charge on any atom is -0.465 e. The molecule has 1 amide bonds. The van der Waals surface area contributed by atoms with Gasteiger partial charge in [0.2, 0.25) is 5.91 Å². The van der Waals surface area contributed by atoms with Gasteiger partial charge in [0.25, 0.3) is 0 Å². The Morgan fingerprint density at radius 3 is 2.84 bits per heavy atom. The van der Waals surface area contributed by atoms with Gasteiger partial charge in [-0.15, -0.1) is 12.3 Å². The summed E-state index contributed by atoms with van der Waals surface area (Å²) >= 11 is 5.85. The van der Waals surface area contributed by atoms with Gasteiger partial charge >= 0.3 is 5.97 Å². The van der Waals surface area contributed by atoms with Crippen LogP contribution in [0.3, 0.4) is 0 Å². The van der Waals surface area contributed by atoms with E-state index in [1.165, 1.54) is 19.2 Å². The maximum atomic E-state index is 11.7. The predicted molar refractivity (Wildman–Crippen MR) is 72.8 cm³/mol. The Bertz CT molecular complexity index is 537. The van der Waals surface area contributed by atoms with Crippen LogP contribution in [0.25, 0.3) is 0 Å². The number of esters is 1. The molecule has 0 heterocycles. The van der Waals surface area contributed by atoms with E-state index in [0.717, 1.165) is 0 Å². The lowest BCUT2D eigenvalue weighted by molar-refractivity contribution is -0.117. The highest BCUT2D eigenvalue weighted by atomic mass is 35.5. The zero-order chi connectivity index (χ0) is 14.4. The fraction of sp³-hybridized carbons (Fsp3) is 0.231. The van der Waals surface area contributed by atoms with Crippen molar-refractivity contribution >= 4 is 29.2 Å². The third-order valence-electron chi connectivity index (χ3n) is 2.31. The summed E-state index contributed by atoms with van der Waals surface area (Å²) in [5.74, 6) is 1.28. The zero-order valence-corrected chi connectivity index (χ0v) is 11.0. The number of halogens is 1. The lowest BCUT2D eigenvalue weighted by atomic mass is 10.1. The van der Waals surface area contributed by atoms with Gasteiger partial charge in [-0.3, -0.25) is 4.79 Å². The normalized spacial score (nSPS) is 11.3. The second-order valence-corrected chi connectivity index (χ2v) is 4.10. The van der Waals surface area contributed by atoms with E-state index in [2.05, 4.69) is 16.0 Å². The molecule has 0 aliphatic carbocycles. The van der Waals surface area contributed by atoms with Gasteiger partial charge in [0, 0.05) is 12.1 Å². The van der Waals surface area contributed by atoms with Crippen LogP contribution >= 0.6 is 11.6 Å². The van der Waals surface area contributed by atoms with Crippen LogP contribution in [0, 0.1) is 12.3 Å². The average Bonchev–Trinajstić information content (AvgIpc) is 2.40. The molecule has 0 radical (unpaired) electrons. The van der Waals surface area contributed by atoms with Crippen molar-refractivity contribution in [3.05, 3.63) is 28.8 Å². The maximum absolute atomic E-state index is 11.7. The van der Waals surface area contributed by atoms with Gasteiger partial charge in [0.05, 0.1) is 23.7 Å². The van der Waals surface area contributed by atoms with Gasteiger partial charge in [-0.2, -0.15) is 0 Å². The van der Waals surface area contributed by atoms with Crippen LogP contribution < -0.4 is 11.1 Å². The highest BCUT2D eigenvalue weighted by Crippen LogP contribution is 2.21. The molecular weight excluding hydrogens is 268 g/mol. The second kappa shape index (κ2) is 6.78. The molecule has 0 bridgehead atoms. The van der Waals surface area contributed by atoms with Crippen molar-refractivity contribution in [1.82, 2.24) is 0 Å². The molecule has 0 saturated carbocycles. The number of hydrogen-bond acceptors (Lipinski definition) is 4. The number of methoxy groups -OCH3 is 1. The van der Waals surface area contributed by atoms with E-state index in [9.17, 15) is 9.59 Å². The van der Waals surface area contributed by atoms with E-state index in [1.54, 1.807) is 6.07 Å². The number of rotatable bonds is 4. The Labute approximate surface area is 116 Å². The van der Waals surface area contributed by atoms with Crippen LogP contribution in [0.2, 0.25) is 5.02 Å². The fourth-order valence-electron chi connectivity index (χ4n) is 1.32. The number of carbonyl (C=O) groups excluding carboxylic acids is 2. The summed E-state index contributed by atoms with van der Waals surface area (Å²) < 4.78 is 4.58. The molecular formula is C13H13ClN2O3. The molecule has 0 aromatic heterocycles. The number of amides is 1. The summed E-state index contributed by atoms with van der Waals surface area (Å²) in [4.78, 5) is 23.1. The molecule has 6 heteroatoms. The minimum atomic E-state index is -0.803. The standard InChI is InChI=1S/C13H13ClN2O3/c1-3-4-11(15)12(17)16-8-5-6-10(14)9(7-8)13(18)19-2/h1,5-7,11H,4,15H2,2H3,(H,16,17). The molecule has 0 aliphatic rings. The molecule has 1 aromatic rings. The summed E-state index contributed by atoms with van der Waals surface area (Å²) in [6, 6.07) is 3.64. The van der Waals surface area contributed by atoms with E-state index < -0.39 is 17.9 Å². The lowest BCUT2D eigenvalue weighted by Crippen LogP contribution is -2.35. The van der Waals surface area contributed by atoms with Crippen LogP contribution in [0.1, 0.15) is 16.8 Å². The van der Waals surface area contributed by atoms with Gasteiger partial charge < -0.3 is 15.8 Å². The number of terminal acetylenes is 1. The van der Waals surface area contributed by atoms with Crippen LogP contribution in [-0.2, 0) is 9.53 Å². The van der Waals surface area contributed by atoms with Crippen molar-refractivity contribution in [2.45, 2.75) is 12.5 Å². The van der Waals surface area contributed by atoms with Crippen molar-refractivity contribution in [3.8, 4) is 12.3 Å². The van der Waals surface area contributed by atoms with E-state index in [1.807, 2.05) is 0 Å². The SMILES string of the molecule is C#CCC(N)C(=O)Nc1ccc(Cl)c(C(=O)OC)c1. The number of ether oxygens (including phenoxy) is 1. The second-order valence-electron chi connectivity index (χ2n) is 3.69. The summed E-state index contributed by atoms with van der Waals surface area (Å²) in [5, 5.41) is 2.78. The third kappa shape index (κ3) is 3.98. The number of nitrogens with two attached hydrogens (primary N) is 1.